The Kier molecular flexibility index (Phi) is 4.09. The molecule has 0 aliphatic heterocycles. The van der Waals surface area contributed by atoms with Gasteiger partial charge in [0, 0.05) is 12.4 Å². The maximum Gasteiger partial charge on any atom is 0.287 e. The van der Waals surface area contributed by atoms with Crippen molar-refractivity contribution in [2.45, 2.75) is 25.4 Å². The summed E-state index contributed by atoms with van der Waals surface area (Å²) in [5.74, 6) is 0.799. The molecule has 1 unspecified atom stereocenters. The first-order valence-electron chi connectivity index (χ1n) is 8.31. The third-order valence-electron chi connectivity index (χ3n) is 4.37. The van der Waals surface area contributed by atoms with Gasteiger partial charge in [0.15, 0.2) is 5.76 Å². The Morgan fingerprint density at radius 3 is 2.76 bits per heavy atom. The number of aromatic nitrogens is 2. The Bertz CT molecular complexity index is 851. The topological polar surface area (TPSA) is 60.1 Å². The fraction of sp³-hybridized carbons (Fsp3) is 0.263. The second-order valence-electron chi connectivity index (χ2n) is 6.31. The van der Waals surface area contributed by atoms with E-state index in [0.717, 1.165) is 18.4 Å². The van der Waals surface area contributed by atoms with E-state index >= 15 is 0 Å². The molecule has 0 spiro atoms. The molecule has 1 aliphatic rings. The molecule has 0 bridgehead atoms. The Hall–Kier alpha value is -2.89. The average molecular weight is 339 g/mol. The first-order valence-corrected chi connectivity index (χ1v) is 8.31. The van der Waals surface area contributed by atoms with Crippen molar-refractivity contribution in [2.75, 3.05) is 0 Å². The van der Waals surface area contributed by atoms with Gasteiger partial charge in [0.25, 0.3) is 5.91 Å². The molecule has 1 aliphatic carbocycles. The first kappa shape index (κ1) is 15.6. The van der Waals surface area contributed by atoms with Gasteiger partial charge in [-0.2, -0.15) is 5.10 Å². The number of hydrogen-bond acceptors (Lipinski definition) is 3. The quantitative estimate of drug-likeness (QED) is 0.747. The summed E-state index contributed by atoms with van der Waals surface area (Å²) in [5.41, 5.74) is 0.917. The van der Waals surface area contributed by atoms with Gasteiger partial charge in [0.2, 0.25) is 0 Å². The summed E-state index contributed by atoms with van der Waals surface area (Å²) in [6, 6.07) is 11.5. The van der Waals surface area contributed by atoms with Crippen molar-refractivity contribution in [1.82, 2.24) is 15.1 Å². The molecule has 1 N–H and O–H groups in total. The number of nitrogens with one attached hydrogen (secondary N) is 1. The minimum absolute atomic E-state index is 0.118. The summed E-state index contributed by atoms with van der Waals surface area (Å²) in [7, 11) is 0. The van der Waals surface area contributed by atoms with Gasteiger partial charge in [-0.25, -0.2) is 4.39 Å². The van der Waals surface area contributed by atoms with E-state index in [-0.39, 0.29) is 23.5 Å². The number of nitrogens with zero attached hydrogens (tertiary/aromatic N) is 2. The molecule has 1 fully saturated rings. The number of halogens is 1. The molecule has 0 saturated heterocycles. The molecule has 25 heavy (non-hydrogen) atoms. The van der Waals surface area contributed by atoms with E-state index in [9.17, 15) is 9.18 Å². The van der Waals surface area contributed by atoms with Crippen LogP contribution in [0.15, 0.2) is 59.3 Å². The van der Waals surface area contributed by atoms with Crippen LogP contribution in [0.4, 0.5) is 4.39 Å². The molecule has 2 aromatic heterocycles. The van der Waals surface area contributed by atoms with Gasteiger partial charge in [-0.05, 0) is 54.7 Å². The zero-order valence-corrected chi connectivity index (χ0v) is 13.6. The molecule has 6 heteroatoms. The second kappa shape index (κ2) is 6.55. The third-order valence-corrected chi connectivity index (χ3v) is 4.37. The van der Waals surface area contributed by atoms with Crippen LogP contribution in [0.1, 0.15) is 40.8 Å². The van der Waals surface area contributed by atoms with Crippen molar-refractivity contribution in [3.63, 3.8) is 0 Å². The van der Waals surface area contributed by atoms with Crippen molar-refractivity contribution < 1.29 is 13.6 Å². The van der Waals surface area contributed by atoms with E-state index < -0.39 is 0 Å². The molecule has 2 heterocycles. The Balaban J connectivity index is 1.46. The summed E-state index contributed by atoms with van der Waals surface area (Å²) in [6.45, 7) is 0.476. The average Bonchev–Trinajstić information content (AvgIpc) is 3.12. The van der Waals surface area contributed by atoms with Gasteiger partial charge >= 0.3 is 0 Å². The van der Waals surface area contributed by atoms with Gasteiger partial charge in [-0.3, -0.25) is 9.48 Å². The highest BCUT2D eigenvalue weighted by Crippen LogP contribution is 2.41. The van der Waals surface area contributed by atoms with Gasteiger partial charge in [0.1, 0.15) is 11.6 Å². The highest BCUT2D eigenvalue weighted by atomic mass is 19.1. The summed E-state index contributed by atoms with van der Waals surface area (Å²) in [6.07, 6.45) is 5.65. The van der Waals surface area contributed by atoms with Crippen LogP contribution in [0, 0.1) is 11.7 Å². The van der Waals surface area contributed by atoms with Crippen LogP contribution in [0.2, 0.25) is 0 Å². The van der Waals surface area contributed by atoms with Crippen LogP contribution in [-0.2, 0) is 6.54 Å². The lowest BCUT2D eigenvalue weighted by molar-refractivity contribution is 0.0901. The summed E-state index contributed by atoms with van der Waals surface area (Å²) in [4.78, 5) is 12.5. The molecule has 0 radical (unpaired) electrons. The Morgan fingerprint density at radius 2 is 2.08 bits per heavy atom. The van der Waals surface area contributed by atoms with E-state index in [2.05, 4.69) is 10.4 Å². The second-order valence-corrected chi connectivity index (χ2v) is 6.31. The molecule has 1 amide bonds. The van der Waals surface area contributed by atoms with Crippen molar-refractivity contribution >= 4 is 5.91 Å². The lowest BCUT2D eigenvalue weighted by Crippen LogP contribution is -2.29. The molecule has 1 saturated carbocycles. The Labute approximate surface area is 144 Å². The lowest BCUT2D eigenvalue weighted by atomic mass is 10.0. The van der Waals surface area contributed by atoms with E-state index in [1.807, 2.05) is 12.3 Å². The van der Waals surface area contributed by atoms with E-state index in [0.29, 0.717) is 18.2 Å². The summed E-state index contributed by atoms with van der Waals surface area (Å²) < 4.78 is 20.5. The van der Waals surface area contributed by atoms with E-state index in [1.54, 1.807) is 35.1 Å². The molecular weight excluding hydrogens is 321 g/mol. The van der Waals surface area contributed by atoms with Crippen LogP contribution in [0.3, 0.4) is 0 Å². The monoisotopic (exact) mass is 339 g/mol. The highest BCUT2D eigenvalue weighted by molar-refractivity contribution is 5.91. The minimum Gasteiger partial charge on any atom is -0.454 e. The highest BCUT2D eigenvalue weighted by Gasteiger charge is 2.34. The maximum absolute atomic E-state index is 13.1. The SMILES string of the molecule is O=C(NC(c1ccc(F)cc1)C1CC1)c1ccc(Cn2cccn2)o1. The molecule has 3 aromatic rings. The number of furan rings is 1. The predicted octanol–water partition coefficient (Wildman–Crippen LogP) is 3.54. The van der Waals surface area contributed by atoms with Gasteiger partial charge < -0.3 is 9.73 Å². The third kappa shape index (κ3) is 3.63. The van der Waals surface area contributed by atoms with Crippen LogP contribution in [0.25, 0.3) is 0 Å². The van der Waals surface area contributed by atoms with Crippen molar-refractivity contribution in [1.29, 1.82) is 0 Å². The smallest absolute Gasteiger partial charge is 0.287 e. The fourth-order valence-electron chi connectivity index (χ4n) is 2.92. The first-order chi connectivity index (χ1) is 12.2. The largest absolute Gasteiger partial charge is 0.454 e. The molecule has 5 nitrogen and oxygen atoms in total. The number of carbonyl (C=O) groups excluding carboxylic acids is 1. The predicted molar refractivity (Wildman–Crippen MR) is 89.4 cm³/mol. The van der Waals surface area contributed by atoms with Crippen LogP contribution in [-0.4, -0.2) is 15.7 Å². The maximum atomic E-state index is 13.1. The standard InChI is InChI=1S/C19H18FN3O2/c20-15-6-4-14(5-7-15)18(13-2-3-13)22-19(24)17-9-8-16(25-17)12-23-11-1-10-21-23/h1,4-11,13,18H,2-3,12H2,(H,22,24). The van der Waals surface area contributed by atoms with Crippen molar-refractivity contribution in [3.05, 3.63) is 77.8 Å². The number of amides is 1. The fourth-order valence-corrected chi connectivity index (χ4v) is 2.92. The van der Waals surface area contributed by atoms with Crippen LogP contribution < -0.4 is 5.32 Å². The van der Waals surface area contributed by atoms with Crippen LogP contribution in [0.5, 0.6) is 0 Å². The van der Waals surface area contributed by atoms with E-state index in [1.165, 1.54) is 12.1 Å². The molecule has 128 valence electrons. The number of rotatable bonds is 6. The number of benzene rings is 1. The normalized spacial score (nSPS) is 15.1. The molecular formula is C19H18FN3O2. The summed E-state index contributed by atoms with van der Waals surface area (Å²) in [5, 5.41) is 7.14. The Morgan fingerprint density at radius 1 is 1.28 bits per heavy atom. The molecule has 4 rings (SSSR count). The molecule has 1 atom stereocenters. The number of carbonyl (C=O) groups is 1. The number of hydrogen-bond donors (Lipinski definition) is 1. The van der Waals surface area contributed by atoms with Gasteiger partial charge in [0.05, 0.1) is 12.6 Å². The van der Waals surface area contributed by atoms with E-state index in [4.69, 9.17) is 4.42 Å². The van der Waals surface area contributed by atoms with Crippen LogP contribution >= 0.6 is 0 Å². The zero-order valence-electron chi connectivity index (χ0n) is 13.6. The van der Waals surface area contributed by atoms with Crippen molar-refractivity contribution in [2.24, 2.45) is 5.92 Å². The van der Waals surface area contributed by atoms with Gasteiger partial charge in [-0.1, -0.05) is 12.1 Å². The molecule has 1 aromatic carbocycles. The van der Waals surface area contributed by atoms with Gasteiger partial charge in [-0.15, -0.1) is 0 Å². The minimum atomic E-state index is -0.279. The zero-order chi connectivity index (χ0) is 17.2. The summed E-state index contributed by atoms with van der Waals surface area (Å²) >= 11 is 0. The van der Waals surface area contributed by atoms with Crippen molar-refractivity contribution in [3.8, 4) is 0 Å². The lowest BCUT2D eigenvalue weighted by Gasteiger charge is -2.18.